The Morgan fingerprint density at radius 2 is 1.93 bits per heavy atom. The Labute approximate surface area is 246 Å². The van der Waals surface area contributed by atoms with Gasteiger partial charge in [0.05, 0.1) is 31.3 Å². The van der Waals surface area contributed by atoms with Crippen molar-refractivity contribution in [3.05, 3.63) is 69.4 Å². The number of alkyl halides is 3. The molecule has 230 valence electrons. The quantitative estimate of drug-likeness (QED) is 0.284. The van der Waals surface area contributed by atoms with Crippen LogP contribution in [0.1, 0.15) is 40.1 Å². The normalized spacial score (nSPS) is 15.6. The first kappa shape index (κ1) is 30.2. The summed E-state index contributed by atoms with van der Waals surface area (Å²) in [5, 5.41) is 5.49. The number of carbonyl (C=O) groups is 1. The van der Waals surface area contributed by atoms with Gasteiger partial charge in [0.2, 0.25) is 5.88 Å². The molecule has 4 aromatic heterocycles. The highest BCUT2D eigenvalue weighted by Crippen LogP contribution is 2.34. The number of amides is 1. The number of methoxy groups -OCH3 is 1. The van der Waals surface area contributed by atoms with Crippen LogP contribution >= 0.6 is 0 Å². The molecule has 0 radical (unpaired) electrons. The van der Waals surface area contributed by atoms with Crippen LogP contribution in [0.15, 0.2) is 41.5 Å². The van der Waals surface area contributed by atoms with Gasteiger partial charge in [0.25, 0.3) is 11.5 Å². The number of aromatic amines is 1. The molecule has 14 heteroatoms. The van der Waals surface area contributed by atoms with Gasteiger partial charge in [-0.2, -0.15) is 13.2 Å². The van der Waals surface area contributed by atoms with E-state index in [9.17, 15) is 22.8 Å². The fourth-order valence-electron chi connectivity index (χ4n) is 5.91. The van der Waals surface area contributed by atoms with E-state index in [1.54, 1.807) is 25.4 Å². The molecule has 1 amide bonds. The zero-order chi connectivity index (χ0) is 31.1. The van der Waals surface area contributed by atoms with Crippen LogP contribution in [-0.4, -0.2) is 80.9 Å². The molecular formula is C29H35F3N8O3. The van der Waals surface area contributed by atoms with E-state index in [2.05, 4.69) is 20.3 Å². The predicted octanol–water partition coefficient (Wildman–Crippen LogP) is 3.10. The lowest BCUT2D eigenvalue weighted by molar-refractivity contribution is -0.149. The van der Waals surface area contributed by atoms with Crippen LogP contribution in [0.5, 0.6) is 5.88 Å². The smallest absolute Gasteiger partial charge is 0.401 e. The maximum absolute atomic E-state index is 13.7. The molecule has 1 aliphatic heterocycles. The average molecular weight is 601 g/mol. The number of nitrogens with one attached hydrogen (secondary N) is 2. The Morgan fingerprint density at radius 1 is 1.21 bits per heavy atom. The highest BCUT2D eigenvalue weighted by Gasteiger charge is 2.34. The van der Waals surface area contributed by atoms with E-state index >= 15 is 0 Å². The summed E-state index contributed by atoms with van der Waals surface area (Å²) < 4.78 is 47.7. The summed E-state index contributed by atoms with van der Waals surface area (Å²) in [4.78, 5) is 33.9. The van der Waals surface area contributed by atoms with E-state index in [0.717, 1.165) is 27.9 Å². The largest absolute Gasteiger partial charge is 0.481 e. The molecular weight excluding hydrogens is 565 g/mol. The van der Waals surface area contributed by atoms with Gasteiger partial charge in [0, 0.05) is 74.0 Å². The third kappa shape index (κ3) is 6.11. The zero-order valence-electron chi connectivity index (χ0n) is 24.5. The average Bonchev–Trinajstić information content (AvgIpc) is 3.49. The van der Waals surface area contributed by atoms with Crippen LogP contribution in [0.4, 0.5) is 19.0 Å². The molecule has 0 aromatic carbocycles. The second kappa shape index (κ2) is 11.8. The Bertz CT molecular complexity index is 1680. The van der Waals surface area contributed by atoms with Crippen molar-refractivity contribution in [3.8, 4) is 17.0 Å². The second-order valence-electron chi connectivity index (χ2n) is 10.8. The van der Waals surface area contributed by atoms with Gasteiger partial charge in [0.1, 0.15) is 5.82 Å². The number of fused-ring (bicyclic) bond motifs is 1. The minimum atomic E-state index is -4.24. The molecule has 1 aliphatic rings. The number of nitrogen functional groups attached to an aromatic ring is 1. The van der Waals surface area contributed by atoms with Gasteiger partial charge in [0.15, 0.2) is 0 Å². The number of piperazine rings is 1. The van der Waals surface area contributed by atoms with Crippen molar-refractivity contribution in [2.75, 3.05) is 45.6 Å². The number of halogens is 3. The lowest BCUT2D eigenvalue weighted by Gasteiger charge is -2.39. The van der Waals surface area contributed by atoms with E-state index in [-0.39, 0.29) is 37.1 Å². The van der Waals surface area contributed by atoms with Gasteiger partial charge >= 0.3 is 6.18 Å². The Hall–Kier alpha value is -4.30. The van der Waals surface area contributed by atoms with Crippen molar-refractivity contribution < 1.29 is 22.7 Å². The van der Waals surface area contributed by atoms with Crippen LogP contribution < -0.4 is 21.3 Å². The summed E-state index contributed by atoms with van der Waals surface area (Å²) in [5.74, 6) is 0.325. The van der Waals surface area contributed by atoms with Gasteiger partial charge in [-0.3, -0.25) is 29.2 Å². The van der Waals surface area contributed by atoms with Gasteiger partial charge in [-0.25, -0.2) is 4.98 Å². The van der Waals surface area contributed by atoms with Crippen molar-refractivity contribution in [2.24, 2.45) is 7.05 Å². The number of hydrogen-bond acceptors (Lipinski definition) is 7. The number of rotatable bonds is 8. The van der Waals surface area contributed by atoms with E-state index < -0.39 is 12.7 Å². The molecule has 0 aliphatic carbocycles. The van der Waals surface area contributed by atoms with Crippen LogP contribution in [-0.2, 0) is 13.6 Å². The topological polar surface area (TPSA) is 126 Å². The highest BCUT2D eigenvalue weighted by molar-refractivity contribution is 5.98. The van der Waals surface area contributed by atoms with E-state index in [1.165, 1.54) is 16.7 Å². The first-order valence-corrected chi connectivity index (χ1v) is 13.9. The van der Waals surface area contributed by atoms with E-state index in [4.69, 9.17) is 10.5 Å². The number of nitrogens with two attached hydrogens (primary N) is 1. The second-order valence-corrected chi connectivity index (χ2v) is 10.8. The van der Waals surface area contributed by atoms with Gasteiger partial charge in [-0.1, -0.05) is 0 Å². The lowest BCUT2D eigenvalue weighted by atomic mass is 9.99. The van der Waals surface area contributed by atoms with Crippen LogP contribution in [0.3, 0.4) is 0 Å². The standard InChI is InChI=1S/C29H35F3N8O3/c1-17-21(26(41)35-15-22-27(42)36-37(3)28(22)43-4)13-23-20(19-5-6-24(33)34-14-19)7-8-40(23)25(17)18(2)39-11-9-38(10-12-39)16-29(30,31)32/h5-8,13-14,18H,9-12,15-16H2,1-4H3,(H2,33,34)(H,35,41)(H,36,42). The molecule has 4 N–H and O–H groups in total. The predicted molar refractivity (Wildman–Crippen MR) is 156 cm³/mol. The van der Waals surface area contributed by atoms with Crippen LogP contribution in [0.25, 0.3) is 16.6 Å². The summed E-state index contributed by atoms with van der Waals surface area (Å²) in [7, 11) is 3.09. The maximum Gasteiger partial charge on any atom is 0.401 e. The van der Waals surface area contributed by atoms with Gasteiger partial charge in [-0.05, 0) is 43.7 Å². The Morgan fingerprint density at radius 3 is 2.56 bits per heavy atom. The lowest BCUT2D eigenvalue weighted by Crippen LogP contribution is -2.49. The molecule has 0 bridgehead atoms. The highest BCUT2D eigenvalue weighted by atomic mass is 19.4. The van der Waals surface area contributed by atoms with E-state index in [0.29, 0.717) is 35.9 Å². The molecule has 5 rings (SSSR count). The number of aromatic nitrogens is 4. The molecule has 0 spiro atoms. The first-order chi connectivity index (χ1) is 20.4. The molecule has 43 heavy (non-hydrogen) atoms. The molecule has 1 atom stereocenters. The number of aryl methyl sites for hydroxylation is 1. The van der Waals surface area contributed by atoms with Gasteiger partial charge < -0.3 is 20.2 Å². The molecule has 4 aromatic rings. The fourth-order valence-corrected chi connectivity index (χ4v) is 5.91. The SMILES string of the molecule is COc1c(CNC(=O)c2cc3c(-c4ccc(N)nc4)ccn3c(C(C)N3CCN(CC(F)(F)F)CC3)c2C)c(=O)[nH]n1C. The number of pyridine rings is 2. The number of ether oxygens (including phenoxy) is 1. The minimum Gasteiger partial charge on any atom is -0.481 e. The maximum atomic E-state index is 13.7. The first-order valence-electron chi connectivity index (χ1n) is 13.9. The van der Waals surface area contributed by atoms with Crippen molar-refractivity contribution >= 4 is 17.2 Å². The summed E-state index contributed by atoms with van der Waals surface area (Å²) in [6, 6.07) is 7.09. The summed E-state index contributed by atoms with van der Waals surface area (Å²) in [5.41, 5.74) is 10.1. The zero-order valence-corrected chi connectivity index (χ0v) is 24.5. The molecule has 0 saturated carbocycles. The molecule has 1 unspecified atom stereocenters. The summed E-state index contributed by atoms with van der Waals surface area (Å²) in [6.07, 6.45) is -0.650. The van der Waals surface area contributed by atoms with Crippen molar-refractivity contribution in [1.82, 2.24) is 34.3 Å². The third-order valence-corrected chi connectivity index (χ3v) is 8.07. The number of H-pyrrole nitrogens is 1. The summed E-state index contributed by atoms with van der Waals surface area (Å²) >= 11 is 0. The van der Waals surface area contributed by atoms with Crippen molar-refractivity contribution in [1.29, 1.82) is 0 Å². The Kier molecular flexibility index (Phi) is 8.25. The molecule has 11 nitrogen and oxygen atoms in total. The van der Waals surface area contributed by atoms with Crippen molar-refractivity contribution in [2.45, 2.75) is 32.6 Å². The molecule has 1 fully saturated rings. The number of anilines is 1. The number of nitrogens with zero attached hydrogens (tertiary/aromatic N) is 5. The van der Waals surface area contributed by atoms with Crippen LogP contribution in [0.2, 0.25) is 0 Å². The Balaban J connectivity index is 1.52. The van der Waals surface area contributed by atoms with E-state index in [1.807, 2.05) is 36.6 Å². The number of hydrogen-bond donors (Lipinski definition) is 3. The monoisotopic (exact) mass is 600 g/mol. The number of carbonyl (C=O) groups excluding carboxylic acids is 1. The third-order valence-electron chi connectivity index (χ3n) is 8.07. The van der Waals surface area contributed by atoms with Gasteiger partial charge in [-0.15, -0.1) is 0 Å². The van der Waals surface area contributed by atoms with Crippen molar-refractivity contribution in [3.63, 3.8) is 0 Å². The van der Waals surface area contributed by atoms with Crippen LogP contribution in [0, 0.1) is 6.92 Å². The fraction of sp³-hybridized carbons (Fsp3) is 0.414. The summed E-state index contributed by atoms with van der Waals surface area (Å²) in [6.45, 7) is 4.34. The molecule has 5 heterocycles. The molecule has 1 saturated heterocycles. The minimum absolute atomic E-state index is 0.0510.